The third-order valence-electron chi connectivity index (χ3n) is 4.80. The van der Waals surface area contributed by atoms with Gasteiger partial charge in [0.2, 0.25) is 0 Å². The molecule has 4 rings (SSSR count). The largest absolute Gasteiger partial charge is 0.340 e. The van der Waals surface area contributed by atoms with E-state index in [9.17, 15) is 14.4 Å². The van der Waals surface area contributed by atoms with Gasteiger partial charge in [0.15, 0.2) is 0 Å². The zero-order chi connectivity index (χ0) is 19.8. The smallest absolute Gasteiger partial charge is 0.328 e. The summed E-state index contributed by atoms with van der Waals surface area (Å²) in [5, 5.41) is 5.77. The number of urea groups is 1. The van der Waals surface area contributed by atoms with Crippen LogP contribution in [0.5, 0.6) is 0 Å². The van der Waals surface area contributed by atoms with Gasteiger partial charge in [-0.25, -0.2) is 4.79 Å². The molecule has 0 radical (unpaired) electrons. The Labute approximate surface area is 165 Å². The summed E-state index contributed by atoms with van der Waals surface area (Å²) in [6.07, 6.45) is 1.53. The number of rotatable bonds is 3. The number of carbonyl (C=O) groups excluding carboxylic acids is 3. The van der Waals surface area contributed by atoms with Crippen LogP contribution in [0.15, 0.2) is 54.1 Å². The molecular weight excluding hydrogens is 378 g/mol. The Morgan fingerprint density at radius 3 is 2.32 bits per heavy atom. The van der Waals surface area contributed by atoms with Crippen LogP contribution in [-0.2, 0) is 16.1 Å². The molecule has 0 aliphatic carbocycles. The summed E-state index contributed by atoms with van der Waals surface area (Å²) in [6, 6.07) is 14.5. The van der Waals surface area contributed by atoms with E-state index in [2.05, 4.69) is 15.2 Å². The van der Waals surface area contributed by atoms with Crippen molar-refractivity contribution in [2.75, 3.05) is 0 Å². The summed E-state index contributed by atoms with van der Waals surface area (Å²) in [7, 11) is 0. The lowest BCUT2D eigenvalue weighted by atomic mass is 10.1. The quantitative estimate of drug-likeness (QED) is 0.528. The number of halogens is 1. The first kappa shape index (κ1) is 18.0. The monoisotopic (exact) mass is 393 g/mol. The van der Waals surface area contributed by atoms with Gasteiger partial charge < -0.3 is 4.57 Å². The Morgan fingerprint density at radius 2 is 1.61 bits per heavy atom. The molecule has 1 aliphatic heterocycles. The standard InChI is InChI=1S/C21H16ClN3O3/c1-12-15(10-16-19(26)23-21(28)24-20(16)27)14-7-3-5-9-18(14)25(12)11-13-6-2-4-8-17(13)22/h2-10H,11H2,1H3,(H2,23,24,26,27,28). The number of hydrogen-bond donors (Lipinski definition) is 2. The number of nitrogens with zero attached hydrogens (tertiary/aromatic N) is 1. The molecule has 1 aromatic heterocycles. The maximum Gasteiger partial charge on any atom is 0.328 e. The van der Waals surface area contributed by atoms with Crippen LogP contribution in [0.3, 0.4) is 0 Å². The van der Waals surface area contributed by atoms with E-state index < -0.39 is 17.8 Å². The second kappa shape index (κ2) is 6.98. The fourth-order valence-electron chi connectivity index (χ4n) is 3.39. The molecule has 2 heterocycles. The van der Waals surface area contributed by atoms with Gasteiger partial charge in [-0.05, 0) is 30.7 Å². The maximum absolute atomic E-state index is 12.1. The molecule has 1 fully saturated rings. The Kier molecular flexibility index (Phi) is 4.49. The van der Waals surface area contributed by atoms with Crippen molar-refractivity contribution < 1.29 is 14.4 Å². The molecule has 140 valence electrons. The highest BCUT2D eigenvalue weighted by Crippen LogP contribution is 2.30. The highest BCUT2D eigenvalue weighted by Gasteiger charge is 2.28. The van der Waals surface area contributed by atoms with E-state index in [1.54, 1.807) is 0 Å². The van der Waals surface area contributed by atoms with E-state index in [4.69, 9.17) is 11.6 Å². The van der Waals surface area contributed by atoms with Gasteiger partial charge in [-0.2, -0.15) is 0 Å². The maximum atomic E-state index is 12.1. The number of benzene rings is 2. The number of imide groups is 2. The molecule has 1 saturated heterocycles. The van der Waals surface area contributed by atoms with Crippen LogP contribution in [0.1, 0.15) is 16.8 Å². The van der Waals surface area contributed by atoms with Gasteiger partial charge >= 0.3 is 6.03 Å². The van der Waals surface area contributed by atoms with Crippen molar-refractivity contribution >= 4 is 46.4 Å². The van der Waals surface area contributed by atoms with Gasteiger partial charge in [0, 0.05) is 33.7 Å². The minimum Gasteiger partial charge on any atom is -0.340 e. The SMILES string of the molecule is Cc1c(C=C2C(=O)NC(=O)NC2=O)c2ccccc2n1Cc1ccccc1Cl. The van der Waals surface area contributed by atoms with Crippen LogP contribution in [0.4, 0.5) is 4.79 Å². The van der Waals surface area contributed by atoms with Crippen molar-refractivity contribution in [3.8, 4) is 0 Å². The molecule has 4 amide bonds. The summed E-state index contributed by atoms with van der Waals surface area (Å²) < 4.78 is 2.09. The number of para-hydroxylation sites is 1. The summed E-state index contributed by atoms with van der Waals surface area (Å²) in [5.41, 5.74) is 3.44. The third kappa shape index (κ3) is 3.08. The lowest BCUT2D eigenvalue weighted by molar-refractivity contribution is -0.123. The van der Waals surface area contributed by atoms with Crippen molar-refractivity contribution in [2.45, 2.75) is 13.5 Å². The number of carbonyl (C=O) groups is 3. The van der Waals surface area contributed by atoms with E-state index in [0.29, 0.717) is 11.6 Å². The summed E-state index contributed by atoms with van der Waals surface area (Å²) in [6.45, 7) is 2.47. The minimum absolute atomic E-state index is 0.108. The molecule has 0 spiro atoms. The molecule has 0 saturated carbocycles. The Hall–Kier alpha value is -3.38. The van der Waals surface area contributed by atoms with Crippen LogP contribution in [0.25, 0.3) is 17.0 Å². The lowest BCUT2D eigenvalue weighted by Crippen LogP contribution is -2.51. The molecule has 2 aromatic carbocycles. The first-order valence-electron chi connectivity index (χ1n) is 8.65. The fourth-order valence-corrected chi connectivity index (χ4v) is 3.59. The van der Waals surface area contributed by atoms with Crippen molar-refractivity contribution in [2.24, 2.45) is 0 Å². The zero-order valence-electron chi connectivity index (χ0n) is 15.0. The predicted octanol–water partition coefficient (Wildman–Crippen LogP) is 3.40. The van der Waals surface area contributed by atoms with E-state index >= 15 is 0 Å². The fraction of sp³-hybridized carbons (Fsp3) is 0.0952. The van der Waals surface area contributed by atoms with Crippen LogP contribution in [0.2, 0.25) is 5.02 Å². The van der Waals surface area contributed by atoms with Gasteiger partial charge in [0.1, 0.15) is 5.57 Å². The van der Waals surface area contributed by atoms with E-state index in [1.807, 2.05) is 55.5 Å². The number of hydrogen-bond acceptors (Lipinski definition) is 3. The average Bonchev–Trinajstić information content (AvgIpc) is 2.92. The highest BCUT2D eigenvalue weighted by atomic mass is 35.5. The van der Waals surface area contributed by atoms with Crippen LogP contribution < -0.4 is 10.6 Å². The van der Waals surface area contributed by atoms with Crippen molar-refractivity contribution in [1.29, 1.82) is 0 Å². The zero-order valence-corrected chi connectivity index (χ0v) is 15.7. The average molecular weight is 394 g/mol. The van der Waals surface area contributed by atoms with Crippen LogP contribution in [0, 0.1) is 6.92 Å². The molecule has 2 N–H and O–H groups in total. The molecule has 3 aromatic rings. The van der Waals surface area contributed by atoms with Gasteiger partial charge in [0.25, 0.3) is 11.8 Å². The second-order valence-corrected chi connectivity index (χ2v) is 6.90. The summed E-state index contributed by atoms with van der Waals surface area (Å²) in [4.78, 5) is 35.5. The van der Waals surface area contributed by atoms with Gasteiger partial charge in [-0.15, -0.1) is 0 Å². The van der Waals surface area contributed by atoms with Gasteiger partial charge in [-0.1, -0.05) is 48.0 Å². The molecule has 0 bridgehead atoms. The van der Waals surface area contributed by atoms with Crippen molar-refractivity contribution in [3.05, 3.63) is 75.9 Å². The number of fused-ring (bicyclic) bond motifs is 1. The number of nitrogens with one attached hydrogen (secondary N) is 2. The third-order valence-corrected chi connectivity index (χ3v) is 5.17. The van der Waals surface area contributed by atoms with Gasteiger partial charge in [-0.3, -0.25) is 20.2 Å². The Bertz CT molecular complexity index is 1150. The van der Waals surface area contributed by atoms with Gasteiger partial charge in [0.05, 0.1) is 0 Å². The van der Waals surface area contributed by atoms with E-state index in [-0.39, 0.29) is 5.57 Å². The van der Waals surface area contributed by atoms with Crippen molar-refractivity contribution in [3.63, 3.8) is 0 Å². The van der Waals surface area contributed by atoms with E-state index in [0.717, 1.165) is 27.7 Å². The Balaban J connectivity index is 1.87. The highest BCUT2D eigenvalue weighted by molar-refractivity contribution is 6.32. The summed E-state index contributed by atoms with van der Waals surface area (Å²) in [5.74, 6) is -1.42. The number of barbiturate groups is 1. The first-order chi connectivity index (χ1) is 13.5. The van der Waals surface area contributed by atoms with Crippen LogP contribution >= 0.6 is 11.6 Å². The second-order valence-electron chi connectivity index (χ2n) is 6.49. The van der Waals surface area contributed by atoms with Crippen molar-refractivity contribution in [1.82, 2.24) is 15.2 Å². The normalized spacial score (nSPS) is 14.2. The first-order valence-corrected chi connectivity index (χ1v) is 9.03. The molecule has 1 aliphatic rings. The molecular formula is C21H16ClN3O3. The molecule has 6 nitrogen and oxygen atoms in total. The van der Waals surface area contributed by atoms with Crippen LogP contribution in [-0.4, -0.2) is 22.4 Å². The van der Waals surface area contributed by atoms with E-state index in [1.165, 1.54) is 6.08 Å². The lowest BCUT2D eigenvalue weighted by Gasteiger charge is -2.14. The minimum atomic E-state index is -0.815. The number of aromatic nitrogens is 1. The molecule has 7 heteroatoms. The Morgan fingerprint density at radius 1 is 0.964 bits per heavy atom. The topological polar surface area (TPSA) is 80.2 Å². The number of amides is 4. The molecule has 0 atom stereocenters. The molecule has 0 unspecified atom stereocenters. The molecule has 28 heavy (non-hydrogen) atoms. The predicted molar refractivity (Wildman–Crippen MR) is 107 cm³/mol. The summed E-state index contributed by atoms with van der Waals surface area (Å²) >= 11 is 6.33.